The quantitative estimate of drug-likeness (QED) is 0.875. The number of benzene rings is 2. The van der Waals surface area contributed by atoms with Gasteiger partial charge >= 0.3 is 0 Å². The fourth-order valence-electron chi connectivity index (χ4n) is 1.96. The Bertz CT molecular complexity index is 644. The standard InChI is InChI=1S/C15H14F2N2O/c1-2-19(11-6-3-5-10(16)9-11)15(20)12-7-4-8-13(17)14(12)18/h3-9H,2,18H2,1H3. The van der Waals surface area contributed by atoms with Crippen molar-refractivity contribution in [1.29, 1.82) is 0 Å². The SMILES string of the molecule is CCN(C(=O)c1cccc(F)c1N)c1cccc(F)c1. The molecule has 0 heterocycles. The first-order chi connectivity index (χ1) is 9.54. The van der Waals surface area contributed by atoms with Gasteiger partial charge in [-0.15, -0.1) is 0 Å². The summed E-state index contributed by atoms with van der Waals surface area (Å²) in [6.07, 6.45) is 0. The highest BCUT2D eigenvalue weighted by Gasteiger charge is 2.20. The zero-order chi connectivity index (χ0) is 14.7. The minimum absolute atomic E-state index is 0.0658. The average molecular weight is 276 g/mol. The Labute approximate surface area is 115 Å². The zero-order valence-electron chi connectivity index (χ0n) is 10.9. The van der Waals surface area contributed by atoms with Gasteiger partial charge in [0, 0.05) is 12.2 Å². The Hall–Kier alpha value is -2.43. The molecule has 2 N–H and O–H groups in total. The first-order valence-electron chi connectivity index (χ1n) is 6.16. The number of carbonyl (C=O) groups is 1. The summed E-state index contributed by atoms with van der Waals surface area (Å²) >= 11 is 0. The molecule has 0 fully saturated rings. The molecule has 0 unspecified atom stereocenters. The molecule has 0 aliphatic rings. The van der Waals surface area contributed by atoms with Crippen LogP contribution < -0.4 is 10.6 Å². The molecule has 0 aliphatic carbocycles. The highest BCUT2D eigenvalue weighted by Crippen LogP contribution is 2.22. The van der Waals surface area contributed by atoms with Crippen molar-refractivity contribution in [3.8, 4) is 0 Å². The van der Waals surface area contributed by atoms with Gasteiger partial charge < -0.3 is 10.6 Å². The van der Waals surface area contributed by atoms with Crippen LogP contribution in [0.3, 0.4) is 0 Å². The number of carbonyl (C=O) groups excluding carboxylic acids is 1. The van der Waals surface area contributed by atoms with Gasteiger partial charge in [0.05, 0.1) is 11.3 Å². The number of nitrogens with two attached hydrogens (primary N) is 1. The number of hydrogen-bond acceptors (Lipinski definition) is 2. The summed E-state index contributed by atoms with van der Waals surface area (Å²) < 4.78 is 26.7. The molecule has 0 spiro atoms. The van der Waals surface area contributed by atoms with E-state index in [9.17, 15) is 13.6 Å². The van der Waals surface area contributed by atoms with Crippen molar-refractivity contribution >= 4 is 17.3 Å². The van der Waals surface area contributed by atoms with Gasteiger partial charge in [-0.05, 0) is 37.3 Å². The number of para-hydroxylation sites is 1. The monoisotopic (exact) mass is 276 g/mol. The van der Waals surface area contributed by atoms with Crippen LogP contribution >= 0.6 is 0 Å². The van der Waals surface area contributed by atoms with Crippen LogP contribution in [0, 0.1) is 11.6 Å². The lowest BCUT2D eigenvalue weighted by Gasteiger charge is -2.22. The van der Waals surface area contributed by atoms with Crippen molar-refractivity contribution in [1.82, 2.24) is 0 Å². The second-order valence-electron chi connectivity index (χ2n) is 4.23. The van der Waals surface area contributed by atoms with Crippen molar-refractivity contribution in [2.45, 2.75) is 6.92 Å². The van der Waals surface area contributed by atoms with Gasteiger partial charge in [-0.1, -0.05) is 12.1 Å². The Morgan fingerprint density at radius 2 is 1.90 bits per heavy atom. The normalized spacial score (nSPS) is 10.3. The lowest BCUT2D eigenvalue weighted by molar-refractivity contribution is 0.0989. The third-order valence-corrected chi connectivity index (χ3v) is 2.96. The molecular formula is C15H14F2N2O. The van der Waals surface area contributed by atoms with Gasteiger partial charge in [0.15, 0.2) is 0 Å². The van der Waals surface area contributed by atoms with Crippen molar-refractivity contribution in [3.05, 3.63) is 59.7 Å². The second kappa shape index (κ2) is 5.69. The van der Waals surface area contributed by atoms with E-state index < -0.39 is 17.5 Å². The minimum atomic E-state index is -0.647. The summed E-state index contributed by atoms with van der Waals surface area (Å²) in [5.41, 5.74) is 5.86. The topological polar surface area (TPSA) is 46.3 Å². The number of anilines is 2. The van der Waals surface area contributed by atoms with E-state index in [1.165, 1.54) is 41.3 Å². The number of hydrogen-bond donors (Lipinski definition) is 1. The van der Waals surface area contributed by atoms with Crippen molar-refractivity contribution < 1.29 is 13.6 Å². The second-order valence-corrected chi connectivity index (χ2v) is 4.23. The maximum atomic E-state index is 13.4. The van der Waals surface area contributed by atoms with Crippen molar-refractivity contribution in [2.24, 2.45) is 0 Å². The molecule has 1 amide bonds. The molecule has 0 bridgehead atoms. The average Bonchev–Trinajstić information content (AvgIpc) is 2.42. The third-order valence-electron chi connectivity index (χ3n) is 2.96. The zero-order valence-corrected chi connectivity index (χ0v) is 10.9. The van der Waals surface area contributed by atoms with Crippen LogP contribution in [-0.4, -0.2) is 12.5 Å². The maximum Gasteiger partial charge on any atom is 0.260 e. The molecule has 2 aromatic carbocycles. The van der Waals surface area contributed by atoms with Crippen LogP contribution in [-0.2, 0) is 0 Å². The molecule has 0 aliphatic heterocycles. The number of amides is 1. The molecule has 0 saturated carbocycles. The van der Waals surface area contributed by atoms with Crippen LogP contribution in [0.15, 0.2) is 42.5 Å². The predicted octanol–water partition coefficient (Wildman–Crippen LogP) is 3.21. The van der Waals surface area contributed by atoms with E-state index in [0.717, 1.165) is 0 Å². The van der Waals surface area contributed by atoms with Crippen molar-refractivity contribution in [2.75, 3.05) is 17.2 Å². The lowest BCUT2D eigenvalue weighted by atomic mass is 10.1. The van der Waals surface area contributed by atoms with E-state index in [1.807, 2.05) is 0 Å². The summed E-state index contributed by atoms with van der Waals surface area (Å²) in [4.78, 5) is 13.8. The van der Waals surface area contributed by atoms with Gasteiger partial charge in [0.25, 0.3) is 5.91 Å². The van der Waals surface area contributed by atoms with Gasteiger partial charge in [-0.25, -0.2) is 8.78 Å². The molecule has 0 aromatic heterocycles. The van der Waals surface area contributed by atoms with E-state index in [-0.39, 0.29) is 11.3 Å². The largest absolute Gasteiger partial charge is 0.396 e. The molecule has 0 saturated heterocycles. The van der Waals surface area contributed by atoms with Crippen molar-refractivity contribution in [3.63, 3.8) is 0 Å². The van der Waals surface area contributed by atoms with Crippen LogP contribution in [0.4, 0.5) is 20.2 Å². The maximum absolute atomic E-state index is 13.4. The summed E-state index contributed by atoms with van der Waals surface area (Å²) in [5.74, 6) is -1.55. The Kier molecular flexibility index (Phi) is 3.98. The molecule has 2 aromatic rings. The molecule has 0 radical (unpaired) electrons. The predicted molar refractivity (Wildman–Crippen MR) is 74.6 cm³/mol. The molecule has 20 heavy (non-hydrogen) atoms. The van der Waals surface area contributed by atoms with E-state index in [4.69, 9.17) is 5.73 Å². The molecule has 3 nitrogen and oxygen atoms in total. The van der Waals surface area contributed by atoms with Crippen LogP contribution in [0.1, 0.15) is 17.3 Å². The smallest absolute Gasteiger partial charge is 0.260 e. The number of nitrogens with zero attached hydrogens (tertiary/aromatic N) is 1. The van der Waals surface area contributed by atoms with Gasteiger partial charge in [-0.2, -0.15) is 0 Å². The van der Waals surface area contributed by atoms with Crippen LogP contribution in [0.5, 0.6) is 0 Å². The van der Waals surface area contributed by atoms with E-state index in [1.54, 1.807) is 13.0 Å². The molecular weight excluding hydrogens is 262 g/mol. The minimum Gasteiger partial charge on any atom is -0.396 e. The van der Waals surface area contributed by atoms with E-state index in [2.05, 4.69) is 0 Å². The molecule has 104 valence electrons. The lowest BCUT2D eigenvalue weighted by Crippen LogP contribution is -2.31. The number of nitrogen functional groups attached to an aromatic ring is 1. The summed E-state index contributed by atoms with van der Waals surface area (Å²) in [6.45, 7) is 2.07. The number of rotatable bonds is 3. The first kappa shape index (κ1) is 14.0. The third kappa shape index (κ3) is 2.61. The fraction of sp³-hybridized carbons (Fsp3) is 0.133. The fourth-order valence-corrected chi connectivity index (χ4v) is 1.96. The highest BCUT2D eigenvalue weighted by atomic mass is 19.1. The molecule has 5 heteroatoms. The summed E-state index contributed by atoms with van der Waals surface area (Å²) in [6, 6.07) is 9.70. The Morgan fingerprint density at radius 1 is 1.20 bits per heavy atom. The molecule has 0 atom stereocenters. The molecule has 2 rings (SSSR count). The van der Waals surface area contributed by atoms with Gasteiger partial charge in [0.1, 0.15) is 11.6 Å². The Morgan fingerprint density at radius 3 is 2.55 bits per heavy atom. The van der Waals surface area contributed by atoms with Gasteiger partial charge in [0.2, 0.25) is 0 Å². The van der Waals surface area contributed by atoms with E-state index in [0.29, 0.717) is 12.2 Å². The van der Waals surface area contributed by atoms with Crippen LogP contribution in [0.2, 0.25) is 0 Å². The summed E-state index contributed by atoms with van der Waals surface area (Å²) in [7, 11) is 0. The number of halogens is 2. The van der Waals surface area contributed by atoms with Gasteiger partial charge in [-0.3, -0.25) is 4.79 Å². The van der Waals surface area contributed by atoms with E-state index >= 15 is 0 Å². The summed E-state index contributed by atoms with van der Waals surface area (Å²) in [5, 5.41) is 0. The van der Waals surface area contributed by atoms with Crippen LogP contribution in [0.25, 0.3) is 0 Å². The highest BCUT2D eigenvalue weighted by molar-refractivity contribution is 6.09. The first-order valence-corrected chi connectivity index (χ1v) is 6.16. The Balaban J connectivity index is 2.42.